The van der Waals surface area contributed by atoms with Crippen molar-refractivity contribution < 1.29 is 9.53 Å². The van der Waals surface area contributed by atoms with Crippen molar-refractivity contribution in [2.75, 3.05) is 13.2 Å². The molecule has 0 aliphatic carbocycles. The molecule has 0 spiro atoms. The summed E-state index contributed by atoms with van der Waals surface area (Å²) in [6.45, 7) is 5.79. The fraction of sp³-hybridized carbons (Fsp3) is 0.643. The van der Waals surface area contributed by atoms with Crippen molar-refractivity contribution in [3.05, 3.63) is 27.7 Å². The van der Waals surface area contributed by atoms with E-state index in [2.05, 4.69) is 10.00 Å². The van der Waals surface area contributed by atoms with Crippen molar-refractivity contribution in [3.63, 3.8) is 0 Å². The number of rotatable bonds is 2. The van der Waals surface area contributed by atoms with E-state index in [9.17, 15) is 9.59 Å². The van der Waals surface area contributed by atoms with E-state index in [1.807, 2.05) is 13.8 Å². The Morgan fingerprint density at radius 1 is 1.40 bits per heavy atom. The topological polar surface area (TPSA) is 64.4 Å². The zero-order valence-corrected chi connectivity index (χ0v) is 11.8. The molecule has 20 heavy (non-hydrogen) atoms. The molecule has 0 saturated carbocycles. The number of ether oxygens (including phenoxy) is 1. The molecule has 3 rings (SSSR count). The van der Waals surface area contributed by atoms with Gasteiger partial charge in [0.15, 0.2) is 0 Å². The van der Waals surface area contributed by atoms with Crippen molar-refractivity contribution in [3.8, 4) is 0 Å². The maximum atomic E-state index is 12.0. The van der Waals surface area contributed by atoms with Gasteiger partial charge in [-0.25, -0.2) is 4.68 Å². The highest BCUT2D eigenvalue weighted by Crippen LogP contribution is 2.22. The maximum absolute atomic E-state index is 12.0. The van der Waals surface area contributed by atoms with Gasteiger partial charge in [0.25, 0.3) is 5.56 Å². The summed E-state index contributed by atoms with van der Waals surface area (Å²) in [5.41, 5.74) is 1.84. The molecule has 1 atom stereocenters. The molecule has 6 nitrogen and oxygen atoms in total. The summed E-state index contributed by atoms with van der Waals surface area (Å²) < 4.78 is 6.55. The van der Waals surface area contributed by atoms with E-state index in [1.54, 1.807) is 6.07 Å². The molecule has 0 bridgehead atoms. The summed E-state index contributed by atoms with van der Waals surface area (Å²) in [6.07, 6.45) is 1.51. The molecule has 2 aliphatic heterocycles. The first kappa shape index (κ1) is 13.3. The number of fused-ring (bicyclic) bond motifs is 1. The fourth-order valence-electron chi connectivity index (χ4n) is 2.89. The highest BCUT2D eigenvalue weighted by Gasteiger charge is 2.34. The lowest BCUT2D eigenvalue weighted by molar-refractivity contribution is -0.142. The van der Waals surface area contributed by atoms with Crippen LogP contribution in [-0.2, 0) is 22.5 Å². The number of cyclic esters (lactones) is 1. The Bertz CT molecular complexity index is 594. The van der Waals surface area contributed by atoms with Gasteiger partial charge in [0, 0.05) is 32.0 Å². The van der Waals surface area contributed by atoms with Gasteiger partial charge in [-0.1, -0.05) is 0 Å². The molecular weight excluding hydrogens is 258 g/mol. The monoisotopic (exact) mass is 277 g/mol. The molecule has 0 radical (unpaired) electrons. The Balaban J connectivity index is 1.87. The standard InChI is InChI=1S/C14H19N3O3/c1-9(2)17-13(18)7-10-8-16(5-3-11(10)15-17)12-4-6-20-14(12)19/h7,9,12H,3-6,8H2,1-2H3/t12-/m0/s1. The van der Waals surface area contributed by atoms with Gasteiger partial charge in [-0.15, -0.1) is 0 Å². The quantitative estimate of drug-likeness (QED) is 0.736. The Kier molecular flexibility index (Phi) is 3.33. The molecule has 1 saturated heterocycles. The van der Waals surface area contributed by atoms with Crippen LogP contribution < -0.4 is 5.56 Å². The molecule has 1 aromatic rings. The number of nitrogens with zero attached hydrogens (tertiary/aromatic N) is 3. The largest absolute Gasteiger partial charge is 0.464 e. The molecular formula is C14H19N3O3. The number of aromatic nitrogens is 2. The van der Waals surface area contributed by atoms with Crippen molar-refractivity contribution >= 4 is 5.97 Å². The van der Waals surface area contributed by atoms with E-state index < -0.39 is 0 Å². The number of esters is 1. The average Bonchev–Trinajstić information content (AvgIpc) is 2.83. The number of hydrogen-bond donors (Lipinski definition) is 0. The predicted octanol–water partition coefficient (Wildman–Crippen LogP) is 0.498. The third-order valence-electron chi connectivity index (χ3n) is 3.97. The minimum absolute atomic E-state index is 0.0654. The van der Waals surface area contributed by atoms with Crippen LogP contribution in [0.1, 0.15) is 37.6 Å². The Hall–Kier alpha value is -1.69. The molecule has 1 aromatic heterocycles. The van der Waals surface area contributed by atoms with Gasteiger partial charge in [-0.2, -0.15) is 5.10 Å². The zero-order valence-electron chi connectivity index (χ0n) is 11.8. The van der Waals surface area contributed by atoms with Crippen LogP contribution in [0.4, 0.5) is 0 Å². The van der Waals surface area contributed by atoms with Crippen LogP contribution in [0.5, 0.6) is 0 Å². The highest BCUT2D eigenvalue weighted by molar-refractivity contribution is 5.77. The first-order chi connectivity index (χ1) is 9.56. The van der Waals surface area contributed by atoms with Gasteiger partial charge in [-0.05, 0) is 19.4 Å². The third kappa shape index (κ3) is 2.24. The second-order valence-corrected chi connectivity index (χ2v) is 5.69. The molecule has 1 fully saturated rings. The van der Waals surface area contributed by atoms with E-state index in [1.165, 1.54) is 4.68 Å². The lowest BCUT2D eigenvalue weighted by Crippen LogP contribution is -2.43. The molecule has 0 N–H and O–H groups in total. The second-order valence-electron chi connectivity index (χ2n) is 5.69. The molecule has 0 aromatic carbocycles. The van der Waals surface area contributed by atoms with Crippen molar-refractivity contribution in [2.24, 2.45) is 0 Å². The fourth-order valence-corrected chi connectivity index (χ4v) is 2.89. The first-order valence-electron chi connectivity index (χ1n) is 7.08. The van der Waals surface area contributed by atoms with Crippen LogP contribution in [0.15, 0.2) is 10.9 Å². The average molecular weight is 277 g/mol. The summed E-state index contributed by atoms with van der Waals surface area (Å²) in [5, 5.41) is 4.45. The molecule has 108 valence electrons. The van der Waals surface area contributed by atoms with E-state index >= 15 is 0 Å². The van der Waals surface area contributed by atoms with Gasteiger partial charge in [0.2, 0.25) is 0 Å². The van der Waals surface area contributed by atoms with E-state index in [0.29, 0.717) is 13.2 Å². The van der Waals surface area contributed by atoms with Crippen LogP contribution in [0.25, 0.3) is 0 Å². The van der Waals surface area contributed by atoms with Gasteiger partial charge in [0.1, 0.15) is 6.04 Å². The summed E-state index contributed by atoms with van der Waals surface area (Å²) >= 11 is 0. The lowest BCUT2D eigenvalue weighted by Gasteiger charge is -2.31. The van der Waals surface area contributed by atoms with Gasteiger partial charge in [-0.3, -0.25) is 14.5 Å². The molecule has 0 unspecified atom stereocenters. The summed E-state index contributed by atoms with van der Waals surface area (Å²) in [4.78, 5) is 25.8. The maximum Gasteiger partial charge on any atom is 0.323 e. The summed E-state index contributed by atoms with van der Waals surface area (Å²) in [5.74, 6) is -0.142. The molecule has 2 aliphatic rings. The molecule has 6 heteroatoms. The van der Waals surface area contributed by atoms with Crippen molar-refractivity contribution in [1.29, 1.82) is 0 Å². The number of carbonyl (C=O) groups excluding carboxylic acids is 1. The van der Waals surface area contributed by atoms with Gasteiger partial charge < -0.3 is 4.74 Å². The van der Waals surface area contributed by atoms with Crippen LogP contribution >= 0.6 is 0 Å². The highest BCUT2D eigenvalue weighted by atomic mass is 16.5. The summed E-state index contributed by atoms with van der Waals surface area (Å²) in [7, 11) is 0. The minimum Gasteiger partial charge on any atom is -0.464 e. The van der Waals surface area contributed by atoms with Crippen LogP contribution in [0, 0.1) is 0 Å². The van der Waals surface area contributed by atoms with Gasteiger partial charge in [0.05, 0.1) is 18.3 Å². The minimum atomic E-state index is -0.157. The smallest absolute Gasteiger partial charge is 0.323 e. The van der Waals surface area contributed by atoms with E-state index in [4.69, 9.17) is 4.74 Å². The Morgan fingerprint density at radius 3 is 2.85 bits per heavy atom. The predicted molar refractivity (Wildman–Crippen MR) is 72.4 cm³/mol. The molecule has 0 amide bonds. The lowest BCUT2D eigenvalue weighted by atomic mass is 10.0. The van der Waals surface area contributed by atoms with Crippen molar-refractivity contribution in [1.82, 2.24) is 14.7 Å². The normalized spacial score (nSPS) is 22.9. The third-order valence-corrected chi connectivity index (χ3v) is 3.97. The Labute approximate surface area is 117 Å². The van der Waals surface area contributed by atoms with Crippen molar-refractivity contribution in [2.45, 2.75) is 45.3 Å². The van der Waals surface area contributed by atoms with Crippen LogP contribution in [0.2, 0.25) is 0 Å². The summed E-state index contributed by atoms with van der Waals surface area (Å²) in [6, 6.07) is 1.57. The van der Waals surface area contributed by atoms with Gasteiger partial charge >= 0.3 is 5.97 Å². The zero-order chi connectivity index (χ0) is 14.3. The van der Waals surface area contributed by atoms with E-state index in [0.717, 1.165) is 30.6 Å². The molecule has 3 heterocycles. The SMILES string of the molecule is CC(C)n1nc2c(cc1=O)CN([C@H]1CCOC1=O)CC2. The van der Waals surface area contributed by atoms with E-state index in [-0.39, 0.29) is 23.6 Å². The number of hydrogen-bond acceptors (Lipinski definition) is 5. The van der Waals surface area contributed by atoms with Crippen LogP contribution in [-0.4, -0.2) is 39.8 Å². The Morgan fingerprint density at radius 2 is 2.20 bits per heavy atom. The first-order valence-corrected chi connectivity index (χ1v) is 7.08. The van der Waals surface area contributed by atoms with Crippen LogP contribution in [0.3, 0.4) is 0 Å². The number of carbonyl (C=O) groups is 1. The second kappa shape index (κ2) is 5.01.